The van der Waals surface area contributed by atoms with Crippen molar-refractivity contribution in [2.45, 2.75) is 18.6 Å². The Balaban J connectivity index is 2.62. The van der Waals surface area contributed by atoms with Crippen molar-refractivity contribution in [3.8, 4) is 0 Å². The fraction of sp³-hybridized carbons (Fsp3) is 1.00. The molecule has 0 aliphatic carbocycles. The summed E-state index contributed by atoms with van der Waals surface area (Å²) in [6.45, 7) is 0. The fourth-order valence-corrected chi connectivity index (χ4v) is 2.75. The van der Waals surface area contributed by atoms with Gasteiger partial charge in [-0.15, -0.1) is 0 Å². The third kappa shape index (κ3) is 2.13. The summed E-state index contributed by atoms with van der Waals surface area (Å²) in [4.78, 5) is 0. The lowest BCUT2D eigenvalue weighted by Crippen LogP contribution is -2.45. The molecule has 1 aliphatic heterocycles. The topological polar surface area (TPSA) is 46.2 Å². The summed E-state index contributed by atoms with van der Waals surface area (Å²) < 4.78 is 34.6. The van der Waals surface area contributed by atoms with Crippen LogP contribution in [0.1, 0.15) is 6.42 Å². The number of nitrogens with one attached hydrogen (secondary N) is 1. The first-order chi connectivity index (χ1) is 5.05. The van der Waals surface area contributed by atoms with Crippen LogP contribution < -0.4 is 5.32 Å². The van der Waals surface area contributed by atoms with E-state index < -0.39 is 16.0 Å². The molecule has 1 heterocycles. The van der Waals surface area contributed by atoms with Crippen LogP contribution in [0.25, 0.3) is 0 Å². The van der Waals surface area contributed by atoms with Crippen LogP contribution in [0.3, 0.4) is 0 Å². The first kappa shape index (κ1) is 8.93. The Hall–Kier alpha value is -0.160. The molecule has 0 amide bonds. The summed E-state index contributed by atoms with van der Waals surface area (Å²) in [5.74, 6) is -0.211. The van der Waals surface area contributed by atoms with Gasteiger partial charge in [-0.2, -0.15) is 0 Å². The SMILES string of the molecule is CNC1CCS(=O)(=O)CC1F. The highest BCUT2D eigenvalue weighted by Gasteiger charge is 2.31. The first-order valence-corrected chi connectivity index (χ1v) is 5.39. The van der Waals surface area contributed by atoms with E-state index >= 15 is 0 Å². The first-order valence-electron chi connectivity index (χ1n) is 3.57. The lowest BCUT2D eigenvalue weighted by atomic mass is 10.1. The molecule has 11 heavy (non-hydrogen) atoms. The standard InChI is InChI=1S/C6H12FNO2S/c1-8-6-2-3-11(9,10)4-5(6)7/h5-6,8H,2-4H2,1H3. The van der Waals surface area contributed by atoms with Gasteiger partial charge in [-0.25, -0.2) is 12.8 Å². The van der Waals surface area contributed by atoms with Crippen molar-refractivity contribution in [3.63, 3.8) is 0 Å². The maximum absolute atomic E-state index is 12.9. The molecule has 2 unspecified atom stereocenters. The fourth-order valence-electron chi connectivity index (χ4n) is 1.25. The zero-order valence-electron chi connectivity index (χ0n) is 6.38. The predicted molar refractivity (Wildman–Crippen MR) is 41.0 cm³/mol. The second kappa shape index (κ2) is 3.06. The molecular weight excluding hydrogens is 169 g/mol. The number of sulfone groups is 1. The largest absolute Gasteiger partial charge is 0.314 e. The minimum atomic E-state index is -3.09. The van der Waals surface area contributed by atoms with Gasteiger partial charge in [0, 0.05) is 6.04 Å². The van der Waals surface area contributed by atoms with Gasteiger partial charge in [0.25, 0.3) is 0 Å². The van der Waals surface area contributed by atoms with E-state index in [1.54, 1.807) is 7.05 Å². The predicted octanol–water partition coefficient (Wildman–Crippen LogP) is -0.269. The summed E-state index contributed by atoms with van der Waals surface area (Å²) >= 11 is 0. The van der Waals surface area contributed by atoms with Crippen LogP contribution in [0.15, 0.2) is 0 Å². The molecule has 1 rings (SSSR count). The second-order valence-corrected chi connectivity index (χ2v) is 5.04. The molecular formula is C6H12FNO2S. The maximum atomic E-state index is 12.9. The molecule has 0 saturated carbocycles. The van der Waals surface area contributed by atoms with Crippen LogP contribution in [0.5, 0.6) is 0 Å². The molecule has 1 saturated heterocycles. The summed E-state index contributed by atoms with van der Waals surface area (Å²) in [6, 6.07) is -0.279. The molecule has 1 aliphatic rings. The molecule has 0 radical (unpaired) electrons. The molecule has 3 nitrogen and oxygen atoms in total. The van der Waals surface area contributed by atoms with Crippen molar-refractivity contribution in [1.82, 2.24) is 5.32 Å². The lowest BCUT2D eigenvalue weighted by molar-refractivity contribution is 0.267. The van der Waals surface area contributed by atoms with E-state index in [-0.39, 0.29) is 17.5 Å². The van der Waals surface area contributed by atoms with Crippen molar-refractivity contribution in [1.29, 1.82) is 0 Å². The maximum Gasteiger partial charge on any atom is 0.153 e. The number of alkyl halides is 1. The smallest absolute Gasteiger partial charge is 0.153 e. The third-order valence-corrected chi connectivity index (χ3v) is 3.64. The number of rotatable bonds is 1. The number of halogens is 1. The average molecular weight is 181 g/mol. The molecule has 0 aromatic carbocycles. The highest BCUT2D eigenvalue weighted by atomic mass is 32.2. The van der Waals surface area contributed by atoms with Gasteiger partial charge in [0.15, 0.2) is 9.84 Å². The van der Waals surface area contributed by atoms with Crippen LogP contribution in [0.4, 0.5) is 4.39 Å². The highest BCUT2D eigenvalue weighted by Crippen LogP contribution is 2.15. The van der Waals surface area contributed by atoms with Gasteiger partial charge in [-0.3, -0.25) is 0 Å². The van der Waals surface area contributed by atoms with Gasteiger partial charge in [0.1, 0.15) is 6.17 Å². The Morgan fingerprint density at radius 1 is 1.55 bits per heavy atom. The lowest BCUT2D eigenvalue weighted by Gasteiger charge is -2.24. The average Bonchev–Trinajstić information content (AvgIpc) is 1.86. The van der Waals surface area contributed by atoms with Gasteiger partial charge in [0.2, 0.25) is 0 Å². The minimum Gasteiger partial charge on any atom is -0.314 e. The van der Waals surface area contributed by atoms with E-state index in [2.05, 4.69) is 5.32 Å². The molecule has 2 atom stereocenters. The zero-order chi connectivity index (χ0) is 8.48. The third-order valence-electron chi connectivity index (χ3n) is 1.96. The van der Waals surface area contributed by atoms with Crippen molar-refractivity contribution >= 4 is 9.84 Å². The quantitative estimate of drug-likeness (QED) is 0.605. The van der Waals surface area contributed by atoms with Crippen LogP contribution in [0, 0.1) is 0 Å². The van der Waals surface area contributed by atoms with Crippen LogP contribution in [0.2, 0.25) is 0 Å². The van der Waals surface area contributed by atoms with Crippen LogP contribution in [-0.2, 0) is 9.84 Å². The van der Waals surface area contributed by atoms with E-state index in [1.165, 1.54) is 0 Å². The molecule has 0 bridgehead atoms. The molecule has 0 aromatic rings. The van der Waals surface area contributed by atoms with Gasteiger partial charge in [0.05, 0.1) is 11.5 Å². The Bertz CT molecular complexity index is 227. The summed E-state index contributed by atoms with van der Waals surface area (Å²) in [5, 5.41) is 2.75. The zero-order valence-corrected chi connectivity index (χ0v) is 7.20. The Kier molecular flexibility index (Phi) is 2.49. The van der Waals surface area contributed by atoms with E-state index in [9.17, 15) is 12.8 Å². The van der Waals surface area contributed by atoms with E-state index in [4.69, 9.17) is 0 Å². The molecule has 1 fully saturated rings. The number of hydrogen-bond acceptors (Lipinski definition) is 3. The van der Waals surface area contributed by atoms with Crippen molar-refractivity contribution in [3.05, 3.63) is 0 Å². The minimum absolute atomic E-state index is 0.110. The molecule has 1 N–H and O–H groups in total. The van der Waals surface area contributed by atoms with Gasteiger partial charge in [-0.05, 0) is 13.5 Å². The van der Waals surface area contributed by atoms with Crippen LogP contribution in [-0.4, -0.2) is 39.2 Å². The Morgan fingerprint density at radius 2 is 2.18 bits per heavy atom. The molecule has 5 heteroatoms. The number of hydrogen-bond donors (Lipinski definition) is 1. The van der Waals surface area contributed by atoms with Crippen LogP contribution >= 0.6 is 0 Å². The second-order valence-electron chi connectivity index (χ2n) is 2.81. The summed E-state index contributed by atoms with van der Waals surface area (Å²) in [7, 11) is -1.44. The van der Waals surface area contributed by atoms with Crippen molar-refractivity contribution in [2.24, 2.45) is 0 Å². The van der Waals surface area contributed by atoms with Crippen molar-refractivity contribution in [2.75, 3.05) is 18.6 Å². The highest BCUT2D eigenvalue weighted by molar-refractivity contribution is 7.91. The van der Waals surface area contributed by atoms with E-state index in [1.807, 2.05) is 0 Å². The van der Waals surface area contributed by atoms with Gasteiger partial charge < -0.3 is 5.32 Å². The monoisotopic (exact) mass is 181 g/mol. The van der Waals surface area contributed by atoms with E-state index in [0.29, 0.717) is 6.42 Å². The molecule has 0 spiro atoms. The van der Waals surface area contributed by atoms with Gasteiger partial charge >= 0.3 is 0 Å². The Labute approximate surface area is 65.9 Å². The van der Waals surface area contributed by atoms with E-state index in [0.717, 1.165) is 0 Å². The van der Waals surface area contributed by atoms with Gasteiger partial charge in [-0.1, -0.05) is 0 Å². The molecule has 66 valence electrons. The Morgan fingerprint density at radius 3 is 2.64 bits per heavy atom. The summed E-state index contributed by atoms with van der Waals surface area (Å²) in [5.41, 5.74) is 0. The molecule has 0 aromatic heterocycles. The normalized spacial score (nSPS) is 36.9. The summed E-state index contributed by atoms with van der Waals surface area (Å²) in [6.07, 6.45) is -0.848. The van der Waals surface area contributed by atoms with Crippen molar-refractivity contribution < 1.29 is 12.8 Å².